The van der Waals surface area contributed by atoms with Gasteiger partial charge in [0.15, 0.2) is 0 Å². The molecule has 2 fully saturated rings. The molecule has 1 atom stereocenters. The zero-order valence-corrected chi connectivity index (χ0v) is 20.3. The second-order valence-corrected chi connectivity index (χ2v) is 9.61. The molecule has 0 bridgehead atoms. The molecule has 2 aliphatic rings. The summed E-state index contributed by atoms with van der Waals surface area (Å²) in [5.41, 5.74) is 6.88. The van der Waals surface area contributed by atoms with Crippen molar-refractivity contribution in [3.63, 3.8) is 0 Å². The van der Waals surface area contributed by atoms with Gasteiger partial charge in [-0.3, -0.25) is 24.7 Å². The van der Waals surface area contributed by atoms with Gasteiger partial charge in [-0.15, -0.1) is 0 Å². The molecule has 0 spiro atoms. The molecule has 0 unspecified atom stereocenters. The normalized spacial score (nSPS) is 18.4. The van der Waals surface area contributed by atoms with Crippen molar-refractivity contribution in [3.8, 4) is 0 Å². The molecule has 180 valence electrons. The molecule has 3 heterocycles. The van der Waals surface area contributed by atoms with Gasteiger partial charge in [0.2, 0.25) is 0 Å². The number of carbonyl (C=O) groups excluding carboxylic acids is 2. The average Bonchev–Trinajstić information content (AvgIpc) is 2.84. The van der Waals surface area contributed by atoms with Crippen molar-refractivity contribution in [2.24, 2.45) is 0 Å². The molecule has 1 aromatic carbocycles. The Kier molecular flexibility index (Phi) is 7.30. The van der Waals surface area contributed by atoms with E-state index in [2.05, 4.69) is 26.2 Å². The molecule has 0 saturated carbocycles. The lowest BCUT2D eigenvalue weighted by atomic mass is 10.0. The lowest BCUT2D eigenvalue weighted by Gasteiger charge is -2.34. The molecule has 0 aliphatic carbocycles. The van der Waals surface area contributed by atoms with Gasteiger partial charge in [-0.05, 0) is 44.2 Å². The Hall–Kier alpha value is -3.21. The lowest BCUT2D eigenvalue weighted by molar-refractivity contribution is -0.384. The maximum absolute atomic E-state index is 13.3. The Morgan fingerprint density at radius 1 is 1.06 bits per heavy atom. The van der Waals surface area contributed by atoms with E-state index in [1.54, 1.807) is 21.9 Å². The van der Waals surface area contributed by atoms with E-state index in [-0.39, 0.29) is 34.8 Å². The average molecular weight is 531 g/mol. The molecule has 3 N–H and O–H groups in total. The van der Waals surface area contributed by atoms with Gasteiger partial charge >= 0.3 is 0 Å². The number of halogens is 1. The molecule has 2 aromatic rings. The highest BCUT2D eigenvalue weighted by Gasteiger charge is 2.31. The summed E-state index contributed by atoms with van der Waals surface area (Å²) >= 11 is 3.32. The number of benzene rings is 1. The van der Waals surface area contributed by atoms with E-state index in [1.807, 2.05) is 0 Å². The van der Waals surface area contributed by atoms with E-state index in [4.69, 9.17) is 5.73 Å². The van der Waals surface area contributed by atoms with Crippen LogP contribution in [-0.2, 0) is 0 Å². The van der Waals surface area contributed by atoms with E-state index in [9.17, 15) is 19.7 Å². The molecule has 2 saturated heterocycles. The first kappa shape index (κ1) is 23.9. The predicted octanol–water partition coefficient (Wildman–Crippen LogP) is 3.68. The van der Waals surface area contributed by atoms with Crippen molar-refractivity contribution in [2.75, 3.05) is 37.2 Å². The molecule has 4 rings (SSSR count). The number of hydrogen-bond acceptors (Lipinski definition) is 7. The number of nitrogens with one attached hydrogen (secondary N) is 1. The van der Waals surface area contributed by atoms with Crippen molar-refractivity contribution in [1.29, 1.82) is 0 Å². The first-order valence-electron chi connectivity index (χ1n) is 11.4. The highest BCUT2D eigenvalue weighted by molar-refractivity contribution is 9.10. The maximum Gasteiger partial charge on any atom is 0.294 e. The van der Waals surface area contributed by atoms with Crippen LogP contribution in [0, 0.1) is 10.1 Å². The largest absolute Gasteiger partial charge is 0.397 e. The maximum atomic E-state index is 13.3. The summed E-state index contributed by atoms with van der Waals surface area (Å²) in [5, 5.41) is 15.1. The standard InChI is InChI=1S/C23H27BrN6O4/c24-16-10-19(23(32)28-6-2-1-3-7-28)21(20(11-16)30(33)34)27-18-5-4-8-29(14-18)22(31)15-9-17(25)13-26-12-15/h9-13,18,27H,1-8,14,25H2/t18-/m1/s1. The number of likely N-dealkylation sites (tertiary alicyclic amines) is 2. The third-order valence-electron chi connectivity index (χ3n) is 6.22. The Bertz CT molecular complexity index is 1100. The Balaban J connectivity index is 1.60. The number of nitrogen functional groups attached to an aromatic ring is 1. The van der Waals surface area contributed by atoms with E-state index >= 15 is 0 Å². The fourth-order valence-electron chi connectivity index (χ4n) is 4.56. The van der Waals surface area contributed by atoms with Crippen LogP contribution in [0.3, 0.4) is 0 Å². The quantitative estimate of drug-likeness (QED) is 0.444. The summed E-state index contributed by atoms with van der Waals surface area (Å²) in [4.78, 5) is 45.2. The van der Waals surface area contributed by atoms with Gasteiger partial charge < -0.3 is 20.9 Å². The third kappa shape index (κ3) is 5.30. The van der Waals surface area contributed by atoms with Gasteiger partial charge in [0.05, 0.1) is 21.7 Å². The number of nitro benzene ring substituents is 1. The fraction of sp³-hybridized carbons (Fsp3) is 0.435. The molecular weight excluding hydrogens is 504 g/mol. The van der Waals surface area contributed by atoms with E-state index in [0.29, 0.717) is 48.3 Å². The number of nitrogens with two attached hydrogens (primary N) is 1. The van der Waals surface area contributed by atoms with Crippen LogP contribution in [-0.4, -0.2) is 63.7 Å². The number of piperidine rings is 2. The molecular formula is C23H27BrN6O4. The summed E-state index contributed by atoms with van der Waals surface area (Å²) in [7, 11) is 0. The van der Waals surface area contributed by atoms with Gasteiger partial charge in [-0.2, -0.15) is 0 Å². The highest BCUT2D eigenvalue weighted by atomic mass is 79.9. The Morgan fingerprint density at radius 3 is 2.50 bits per heavy atom. The van der Waals surface area contributed by atoms with Crippen molar-refractivity contribution in [2.45, 2.75) is 38.1 Å². The third-order valence-corrected chi connectivity index (χ3v) is 6.67. The van der Waals surface area contributed by atoms with E-state index in [1.165, 1.54) is 18.5 Å². The summed E-state index contributed by atoms with van der Waals surface area (Å²) in [6.07, 6.45) is 7.30. The van der Waals surface area contributed by atoms with Gasteiger partial charge in [0.25, 0.3) is 17.5 Å². The number of anilines is 2. The fourth-order valence-corrected chi connectivity index (χ4v) is 5.01. The van der Waals surface area contributed by atoms with Crippen molar-refractivity contribution in [1.82, 2.24) is 14.8 Å². The topological polar surface area (TPSA) is 135 Å². The van der Waals surface area contributed by atoms with Crippen LogP contribution in [0.5, 0.6) is 0 Å². The smallest absolute Gasteiger partial charge is 0.294 e. The van der Waals surface area contributed by atoms with E-state index in [0.717, 1.165) is 25.7 Å². The second kappa shape index (κ2) is 10.4. The van der Waals surface area contributed by atoms with Gasteiger partial charge in [-0.1, -0.05) is 15.9 Å². The van der Waals surface area contributed by atoms with Crippen molar-refractivity contribution in [3.05, 3.63) is 56.3 Å². The molecule has 1 aromatic heterocycles. The summed E-state index contributed by atoms with van der Waals surface area (Å²) in [5.74, 6) is -0.414. The number of hydrogen-bond donors (Lipinski definition) is 2. The van der Waals surface area contributed by atoms with Gasteiger partial charge in [-0.25, -0.2) is 0 Å². The number of amides is 2. The number of nitrogens with zero attached hydrogens (tertiary/aromatic N) is 4. The lowest BCUT2D eigenvalue weighted by Crippen LogP contribution is -2.45. The minimum absolute atomic E-state index is 0.168. The zero-order chi connectivity index (χ0) is 24.2. The second-order valence-electron chi connectivity index (χ2n) is 8.70. The number of carbonyl (C=O) groups is 2. The van der Waals surface area contributed by atoms with Gasteiger partial charge in [0.1, 0.15) is 5.69 Å². The Labute approximate surface area is 205 Å². The molecule has 2 amide bonds. The van der Waals surface area contributed by atoms with Crippen LogP contribution < -0.4 is 11.1 Å². The van der Waals surface area contributed by atoms with E-state index < -0.39 is 4.92 Å². The minimum Gasteiger partial charge on any atom is -0.397 e. The van der Waals surface area contributed by atoms with Crippen LogP contribution in [0.4, 0.5) is 17.1 Å². The molecule has 11 heteroatoms. The van der Waals surface area contributed by atoms with Crippen molar-refractivity contribution < 1.29 is 14.5 Å². The number of aromatic nitrogens is 1. The van der Waals surface area contributed by atoms with Crippen LogP contribution in [0.2, 0.25) is 0 Å². The first-order valence-corrected chi connectivity index (χ1v) is 12.2. The minimum atomic E-state index is -0.482. The Morgan fingerprint density at radius 2 is 1.79 bits per heavy atom. The predicted molar refractivity (Wildman–Crippen MR) is 132 cm³/mol. The van der Waals surface area contributed by atoms with Gasteiger partial charge in [0, 0.05) is 55.2 Å². The summed E-state index contributed by atoms with van der Waals surface area (Å²) < 4.78 is 0.472. The van der Waals surface area contributed by atoms with Crippen LogP contribution in [0.1, 0.15) is 52.8 Å². The SMILES string of the molecule is Nc1cncc(C(=O)N2CCC[C@@H](Nc3c(C(=O)N4CCCCC4)cc(Br)cc3[N+](=O)[O-])C2)c1. The number of nitro groups is 1. The monoisotopic (exact) mass is 530 g/mol. The summed E-state index contributed by atoms with van der Waals surface area (Å²) in [6, 6.07) is 4.37. The number of rotatable bonds is 5. The highest BCUT2D eigenvalue weighted by Crippen LogP contribution is 2.35. The zero-order valence-electron chi connectivity index (χ0n) is 18.7. The molecule has 34 heavy (non-hydrogen) atoms. The van der Waals surface area contributed by atoms with Crippen molar-refractivity contribution >= 4 is 44.8 Å². The van der Waals surface area contributed by atoms with Crippen LogP contribution in [0.15, 0.2) is 35.1 Å². The van der Waals surface area contributed by atoms with Crippen LogP contribution in [0.25, 0.3) is 0 Å². The van der Waals surface area contributed by atoms with Crippen LogP contribution >= 0.6 is 15.9 Å². The first-order chi connectivity index (χ1) is 16.3. The number of pyridine rings is 1. The molecule has 2 aliphatic heterocycles. The molecule has 10 nitrogen and oxygen atoms in total. The summed E-state index contributed by atoms with van der Waals surface area (Å²) in [6.45, 7) is 2.18. The molecule has 0 radical (unpaired) electrons.